The molecule has 8 heteroatoms. The fourth-order valence-electron chi connectivity index (χ4n) is 2.83. The van der Waals surface area contributed by atoms with Gasteiger partial charge in [-0.25, -0.2) is 8.42 Å². The summed E-state index contributed by atoms with van der Waals surface area (Å²) >= 11 is 0. The van der Waals surface area contributed by atoms with E-state index in [0.717, 1.165) is 9.87 Å². The van der Waals surface area contributed by atoms with E-state index < -0.39 is 15.9 Å². The first-order valence-electron chi connectivity index (χ1n) is 9.41. The summed E-state index contributed by atoms with van der Waals surface area (Å²) in [5.41, 5.74) is 1.67. The van der Waals surface area contributed by atoms with E-state index in [0.29, 0.717) is 24.3 Å². The number of amides is 2. The molecule has 1 N–H and O–H groups in total. The van der Waals surface area contributed by atoms with Gasteiger partial charge in [0.25, 0.3) is 5.91 Å². The molecule has 2 rings (SSSR count). The molecular weight excluding hydrogens is 390 g/mol. The number of anilines is 1. The van der Waals surface area contributed by atoms with Crippen molar-refractivity contribution in [3.05, 3.63) is 59.7 Å². The Balaban J connectivity index is 2.15. The molecule has 2 amide bonds. The SMILES string of the molecule is CCN(CC)C(=O)c1ccccc1NC(=O)CN(C)S(=O)(=O)c1ccc(C)cc1. The number of benzene rings is 2. The molecule has 2 aromatic rings. The number of hydrogen-bond acceptors (Lipinski definition) is 4. The van der Waals surface area contributed by atoms with Gasteiger partial charge in [0.15, 0.2) is 0 Å². The van der Waals surface area contributed by atoms with E-state index in [1.54, 1.807) is 41.3 Å². The normalized spacial score (nSPS) is 11.3. The molecule has 0 radical (unpaired) electrons. The van der Waals surface area contributed by atoms with E-state index in [9.17, 15) is 18.0 Å². The van der Waals surface area contributed by atoms with Gasteiger partial charge in [0, 0.05) is 20.1 Å². The molecule has 0 fully saturated rings. The Hall–Kier alpha value is -2.71. The van der Waals surface area contributed by atoms with E-state index in [2.05, 4.69) is 5.32 Å². The van der Waals surface area contributed by atoms with Gasteiger partial charge in [-0.1, -0.05) is 29.8 Å². The Morgan fingerprint density at radius 1 is 0.966 bits per heavy atom. The molecule has 0 aliphatic rings. The van der Waals surface area contributed by atoms with E-state index >= 15 is 0 Å². The van der Waals surface area contributed by atoms with Crippen LogP contribution in [0.15, 0.2) is 53.4 Å². The van der Waals surface area contributed by atoms with Crippen LogP contribution in [0.5, 0.6) is 0 Å². The van der Waals surface area contributed by atoms with Crippen molar-refractivity contribution >= 4 is 27.5 Å². The van der Waals surface area contributed by atoms with Crippen molar-refractivity contribution < 1.29 is 18.0 Å². The van der Waals surface area contributed by atoms with Gasteiger partial charge in [-0.15, -0.1) is 0 Å². The molecule has 0 unspecified atom stereocenters. The predicted molar refractivity (Wildman–Crippen MR) is 113 cm³/mol. The van der Waals surface area contributed by atoms with E-state index in [1.807, 2.05) is 20.8 Å². The zero-order chi connectivity index (χ0) is 21.6. The highest BCUT2D eigenvalue weighted by atomic mass is 32.2. The average Bonchev–Trinajstić information content (AvgIpc) is 2.69. The van der Waals surface area contributed by atoms with E-state index in [1.165, 1.54) is 19.2 Å². The number of carbonyl (C=O) groups excluding carboxylic acids is 2. The topological polar surface area (TPSA) is 86.8 Å². The van der Waals surface area contributed by atoms with Crippen molar-refractivity contribution in [2.75, 3.05) is 32.0 Å². The third kappa shape index (κ3) is 5.42. The Labute approximate surface area is 172 Å². The van der Waals surface area contributed by atoms with Crippen LogP contribution in [0.1, 0.15) is 29.8 Å². The molecule has 29 heavy (non-hydrogen) atoms. The van der Waals surface area contributed by atoms with Crippen LogP contribution in [0, 0.1) is 6.92 Å². The summed E-state index contributed by atoms with van der Waals surface area (Å²) in [6, 6.07) is 13.1. The molecule has 0 bridgehead atoms. The van der Waals surface area contributed by atoms with Gasteiger partial charge < -0.3 is 10.2 Å². The highest BCUT2D eigenvalue weighted by Crippen LogP contribution is 2.19. The lowest BCUT2D eigenvalue weighted by Gasteiger charge is -2.21. The predicted octanol–water partition coefficient (Wildman–Crippen LogP) is 2.74. The standard InChI is InChI=1S/C21H27N3O4S/c1-5-24(6-2)21(26)18-9-7-8-10-19(18)22-20(25)15-23(4)29(27,28)17-13-11-16(3)12-14-17/h7-14H,5-6,15H2,1-4H3,(H,22,25). The zero-order valence-electron chi connectivity index (χ0n) is 17.2. The van der Waals surface area contributed by atoms with Gasteiger partial charge in [-0.05, 0) is 45.0 Å². The third-order valence-electron chi connectivity index (χ3n) is 4.58. The molecule has 0 aromatic heterocycles. The highest BCUT2D eigenvalue weighted by Gasteiger charge is 2.24. The van der Waals surface area contributed by atoms with Crippen LogP contribution < -0.4 is 5.32 Å². The number of nitrogens with one attached hydrogen (secondary N) is 1. The van der Waals surface area contributed by atoms with Crippen LogP contribution in [0.3, 0.4) is 0 Å². The number of aryl methyl sites for hydroxylation is 1. The molecule has 0 saturated carbocycles. The molecule has 156 valence electrons. The number of nitrogens with zero attached hydrogens (tertiary/aromatic N) is 2. The van der Waals surface area contributed by atoms with Crippen molar-refractivity contribution in [2.45, 2.75) is 25.7 Å². The Morgan fingerprint density at radius 3 is 2.14 bits per heavy atom. The molecule has 7 nitrogen and oxygen atoms in total. The first-order chi connectivity index (χ1) is 13.7. The summed E-state index contributed by atoms with van der Waals surface area (Å²) in [6.07, 6.45) is 0. The summed E-state index contributed by atoms with van der Waals surface area (Å²) in [5.74, 6) is -0.713. The number of hydrogen-bond donors (Lipinski definition) is 1. The van der Waals surface area contributed by atoms with Gasteiger partial charge >= 0.3 is 0 Å². The second-order valence-electron chi connectivity index (χ2n) is 6.65. The van der Waals surface area contributed by atoms with Crippen LogP contribution in [-0.2, 0) is 14.8 Å². The lowest BCUT2D eigenvalue weighted by molar-refractivity contribution is -0.116. The molecule has 0 atom stereocenters. The number of rotatable bonds is 8. The van der Waals surface area contributed by atoms with Gasteiger partial charge in [0.1, 0.15) is 0 Å². The molecule has 2 aromatic carbocycles. The minimum absolute atomic E-state index is 0.121. The molecular formula is C21H27N3O4S. The number of likely N-dealkylation sites (N-methyl/N-ethyl adjacent to an activating group) is 1. The maximum Gasteiger partial charge on any atom is 0.255 e. The fourth-order valence-corrected chi connectivity index (χ4v) is 3.95. The van der Waals surface area contributed by atoms with Crippen molar-refractivity contribution in [1.82, 2.24) is 9.21 Å². The first-order valence-corrected chi connectivity index (χ1v) is 10.9. The van der Waals surface area contributed by atoms with Crippen LogP contribution in [0.2, 0.25) is 0 Å². The first kappa shape index (κ1) is 22.6. The summed E-state index contributed by atoms with van der Waals surface area (Å²) < 4.78 is 26.3. The maximum atomic E-state index is 12.7. The summed E-state index contributed by atoms with van der Waals surface area (Å²) in [5, 5.41) is 2.67. The third-order valence-corrected chi connectivity index (χ3v) is 6.40. The van der Waals surface area contributed by atoms with Gasteiger partial charge in [-0.3, -0.25) is 9.59 Å². The quantitative estimate of drug-likeness (QED) is 0.715. The Kier molecular flexibility index (Phi) is 7.53. The lowest BCUT2D eigenvalue weighted by Crippen LogP contribution is -2.36. The van der Waals surface area contributed by atoms with Crippen molar-refractivity contribution in [3.8, 4) is 0 Å². The lowest BCUT2D eigenvalue weighted by atomic mass is 10.1. The highest BCUT2D eigenvalue weighted by molar-refractivity contribution is 7.89. The average molecular weight is 418 g/mol. The van der Waals surface area contributed by atoms with Crippen LogP contribution in [-0.4, -0.2) is 56.1 Å². The van der Waals surface area contributed by atoms with Crippen LogP contribution in [0.4, 0.5) is 5.69 Å². The van der Waals surface area contributed by atoms with Crippen molar-refractivity contribution in [2.24, 2.45) is 0 Å². The molecule has 0 heterocycles. The number of sulfonamides is 1. The number of carbonyl (C=O) groups is 2. The minimum atomic E-state index is -3.79. The monoisotopic (exact) mass is 417 g/mol. The second-order valence-corrected chi connectivity index (χ2v) is 8.69. The smallest absolute Gasteiger partial charge is 0.255 e. The largest absolute Gasteiger partial charge is 0.339 e. The molecule has 0 spiro atoms. The maximum absolute atomic E-state index is 12.7. The zero-order valence-corrected chi connectivity index (χ0v) is 18.0. The number of para-hydroxylation sites is 1. The van der Waals surface area contributed by atoms with E-state index in [-0.39, 0.29) is 17.3 Å². The van der Waals surface area contributed by atoms with E-state index in [4.69, 9.17) is 0 Å². The molecule has 0 aliphatic carbocycles. The van der Waals surface area contributed by atoms with Gasteiger partial charge in [-0.2, -0.15) is 4.31 Å². The summed E-state index contributed by atoms with van der Waals surface area (Å²) in [7, 11) is -2.44. The van der Waals surface area contributed by atoms with Crippen molar-refractivity contribution in [3.63, 3.8) is 0 Å². The fraction of sp³-hybridized carbons (Fsp3) is 0.333. The van der Waals surface area contributed by atoms with Crippen LogP contribution >= 0.6 is 0 Å². The van der Waals surface area contributed by atoms with Crippen LogP contribution in [0.25, 0.3) is 0 Å². The molecule has 0 saturated heterocycles. The summed E-state index contributed by atoms with van der Waals surface area (Å²) in [4.78, 5) is 26.9. The minimum Gasteiger partial charge on any atom is -0.339 e. The van der Waals surface area contributed by atoms with Gasteiger partial charge in [0.2, 0.25) is 15.9 Å². The second kappa shape index (κ2) is 9.67. The Morgan fingerprint density at radius 2 is 1.55 bits per heavy atom. The summed E-state index contributed by atoms with van der Waals surface area (Å²) in [6.45, 7) is 6.36. The van der Waals surface area contributed by atoms with Crippen molar-refractivity contribution in [1.29, 1.82) is 0 Å². The van der Waals surface area contributed by atoms with Gasteiger partial charge in [0.05, 0.1) is 22.7 Å². The molecule has 0 aliphatic heterocycles. The Bertz CT molecular complexity index is 968.